The van der Waals surface area contributed by atoms with E-state index in [-0.39, 0.29) is 54.0 Å². The third-order valence-electron chi connectivity index (χ3n) is 7.60. The molecule has 4 fully saturated rings. The average Bonchev–Trinajstić information content (AvgIpc) is 3.68. The molecule has 0 aromatic carbocycles. The predicted octanol–water partition coefficient (Wildman–Crippen LogP) is 1.79. The molecule has 2 spiro atoms. The lowest BCUT2D eigenvalue weighted by atomic mass is 9.55. The Bertz CT molecular complexity index is 771. The number of hydrogen-bond donors (Lipinski definition) is 3. The fraction of sp³-hybridized carbons (Fsp3) is 0.833. The largest absolute Gasteiger partial charge is 0.443 e. The first-order chi connectivity index (χ1) is 15.9. The topological polar surface area (TPSA) is 128 Å². The molecule has 2 aliphatic carbocycles. The first-order valence-electron chi connectivity index (χ1n) is 12.3. The third kappa shape index (κ3) is 4.65. The number of nitrogens with one attached hydrogen (secondary N) is 2. The maximum atomic E-state index is 12.4. The van der Waals surface area contributed by atoms with Gasteiger partial charge in [0, 0.05) is 20.2 Å². The van der Waals surface area contributed by atoms with Crippen molar-refractivity contribution in [3.05, 3.63) is 11.6 Å². The van der Waals surface area contributed by atoms with Gasteiger partial charge in [-0.2, -0.15) is 0 Å². The number of rotatable bonds is 12. The molecule has 9 heteroatoms. The minimum Gasteiger partial charge on any atom is -0.443 e. The molecule has 0 aromatic rings. The quantitative estimate of drug-likeness (QED) is 0.228. The molecular formula is C24H39N3O6. The summed E-state index contributed by atoms with van der Waals surface area (Å²) in [6.07, 6.45) is 7.85. The lowest BCUT2D eigenvalue weighted by molar-refractivity contribution is -0.133. The Morgan fingerprint density at radius 1 is 1.12 bits per heavy atom. The summed E-state index contributed by atoms with van der Waals surface area (Å²) in [6, 6.07) is 0. The van der Waals surface area contributed by atoms with Gasteiger partial charge >= 0.3 is 6.09 Å². The van der Waals surface area contributed by atoms with Gasteiger partial charge in [0.05, 0.1) is 18.6 Å². The van der Waals surface area contributed by atoms with E-state index in [1.165, 1.54) is 5.57 Å². The van der Waals surface area contributed by atoms with Gasteiger partial charge in [0.2, 0.25) is 5.91 Å². The fourth-order valence-electron chi connectivity index (χ4n) is 5.95. The van der Waals surface area contributed by atoms with Crippen LogP contribution in [0.15, 0.2) is 11.6 Å². The summed E-state index contributed by atoms with van der Waals surface area (Å²) in [5, 5.41) is 5.61. The molecule has 2 amide bonds. The maximum absolute atomic E-state index is 12.4. The third-order valence-corrected chi connectivity index (χ3v) is 7.60. The Morgan fingerprint density at radius 2 is 1.85 bits per heavy atom. The maximum Gasteiger partial charge on any atom is 0.407 e. The highest BCUT2D eigenvalue weighted by Gasteiger charge is 2.94. The van der Waals surface area contributed by atoms with Crippen LogP contribution >= 0.6 is 0 Å². The number of alkyl carbamates (subject to hydrolysis) is 1. The van der Waals surface area contributed by atoms with E-state index in [1.807, 2.05) is 0 Å². The van der Waals surface area contributed by atoms with Crippen LogP contribution in [0.1, 0.15) is 58.8 Å². The van der Waals surface area contributed by atoms with E-state index in [1.54, 1.807) is 7.11 Å². The van der Waals surface area contributed by atoms with E-state index in [0.717, 1.165) is 44.9 Å². The Morgan fingerprint density at radius 3 is 2.52 bits per heavy atom. The number of unbranched alkanes of at least 4 members (excludes halogenated alkanes) is 3. The van der Waals surface area contributed by atoms with Gasteiger partial charge in [-0.3, -0.25) is 4.79 Å². The predicted molar refractivity (Wildman–Crippen MR) is 122 cm³/mol. The van der Waals surface area contributed by atoms with E-state index in [4.69, 9.17) is 24.7 Å². The summed E-state index contributed by atoms with van der Waals surface area (Å²) >= 11 is 0. The minimum atomic E-state index is -0.396. The second-order valence-electron chi connectivity index (χ2n) is 9.99. The molecule has 7 atom stereocenters. The van der Waals surface area contributed by atoms with Gasteiger partial charge in [-0.25, -0.2) is 4.79 Å². The molecule has 5 unspecified atom stereocenters. The Hall–Kier alpha value is -1.68. The van der Waals surface area contributed by atoms with Crippen LogP contribution in [0.25, 0.3) is 0 Å². The highest BCUT2D eigenvalue weighted by atomic mass is 16.7. The summed E-state index contributed by atoms with van der Waals surface area (Å²) in [5.41, 5.74) is 6.13. The van der Waals surface area contributed by atoms with Crippen molar-refractivity contribution >= 4 is 12.0 Å². The SMILES string of the molecule is COC1C(OC(=O)NCCCCCCNC(=O)CN)CC[C@]23OC2C2(O[C@@H]2CC=C(C)C)C13. The van der Waals surface area contributed by atoms with Gasteiger partial charge in [0.15, 0.2) is 0 Å². The van der Waals surface area contributed by atoms with Gasteiger partial charge in [-0.05, 0) is 46.0 Å². The van der Waals surface area contributed by atoms with Gasteiger partial charge < -0.3 is 35.3 Å². The van der Waals surface area contributed by atoms with Crippen molar-refractivity contribution < 1.29 is 28.5 Å². The van der Waals surface area contributed by atoms with Crippen LogP contribution in [0.4, 0.5) is 4.79 Å². The molecule has 0 radical (unpaired) electrons. The molecule has 9 nitrogen and oxygen atoms in total. The summed E-state index contributed by atoms with van der Waals surface area (Å²) < 4.78 is 24.0. The number of hydrogen-bond acceptors (Lipinski definition) is 7. The minimum absolute atomic E-state index is 0.0246. The van der Waals surface area contributed by atoms with Crippen molar-refractivity contribution in [3.8, 4) is 0 Å². The second-order valence-corrected chi connectivity index (χ2v) is 9.99. The zero-order valence-electron chi connectivity index (χ0n) is 20.1. The number of allylic oxidation sites excluding steroid dienone is 1. The van der Waals surface area contributed by atoms with Crippen LogP contribution in [0.5, 0.6) is 0 Å². The molecule has 2 saturated carbocycles. The fourth-order valence-corrected chi connectivity index (χ4v) is 5.95. The molecule has 0 bridgehead atoms. The summed E-state index contributed by atoms with van der Waals surface area (Å²) in [4.78, 5) is 23.5. The van der Waals surface area contributed by atoms with E-state index in [9.17, 15) is 9.59 Å². The molecule has 186 valence electrons. The lowest BCUT2D eigenvalue weighted by Gasteiger charge is -2.48. The van der Waals surface area contributed by atoms with Crippen LogP contribution in [-0.2, 0) is 23.7 Å². The molecule has 2 aliphatic heterocycles. The summed E-state index contributed by atoms with van der Waals surface area (Å²) in [5.74, 6) is -0.0162. The average molecular weight is 466 g/mol. The molecule has 2 heterocycles. The van der Waals surface area contributed by atoms with Crippen molar-refractivity contribution in [2.45, 2.75) is 94.4 Å². The van der Waals surface area contributed by atoms with Gasteiger partial charge in [0.25, 0.3) is 0 Å². The Labute approximate surface area is 196 Å². The number of methoxy groups -OCH3 is 1. The van der Waals surface area contributed by atoms with Crippen molar-refractivity contribution in [2.24, 2.45) is 11.7 Å². The first-order valence-corrected chi connectivity index (χ1v) is 12.3. The molecule has 2 saturated heterocycles. The number of amides is 2. The highest BCUT2D eigenvalue weighted by molar-refractivity contribution is 5.77. The smallest absolute Gasteiger partial charge is 0.407 e. The van der Waals surface area contributed by atoms with Crippen LogP contribution in [0.3, 0.4) is 0 Å². The van der Waals surface area contributed by atoms with E-state index >= 15 is 0 Å². The van der Waals surface area contributed by atoms with Gasteiger partial charge in [-0.1, -0.05) is 24.5 Å². The van der Waals surface area contributed by atoms with Crippen LogP contribution in [0, 0.1) is 5.92 Å². The number of ether oxygens (including phenoxy) is 4. The highest BCUT2D eigenvalue weighted by Crippen LogP contribution is 2.77. The number of nitrogens with two attached hydrogens (primary N) is 1. The summed E-state index contributed by atoms with van der Waals surface area (Å²) in [6.45, 7) is 5.42. The van der Waals surface area contributed by atoms with Crippen LogP contribution < -0.4 is 16.4 Å². The van der Waals surface area contributed by atoms with Crippen molar-refractivity contribution in [1.29, 1.82) is 0 Å². The Kier molecular flexibility index (Phi) is 7.33. The first kappa shape index (κ1) is 24.4. The molecule has 0 aromatic heterocycles. The molecular weight excluding hydrogens is 426 g/mol. The lowest BCUT2D eigenvalue weighted by Crippen LogP contribution is -2.66. The zero-order chi connectivity index (χ0) is 23.6. The number of fused-ring (bicyclic) bond motifs is 2. The molecule has 4 N–H and O–H groups in total. The number of carbonyl (C=O) groups excluding carboxylic acids is 2. The standard InChI is InChI=1S/C24H39N3O6/c1-15(2)8-9-17-24(32-17)20-19(30-3)16(10-11-23(20)21(24)33-23)31-22(29)27-13-7-5-4-6-12-26-18(28)14-25/h8,16-17,19-21H,4-7,9-14,25H2,1-3H3,(H,26,28)(H,27,29)/t16?,17-,19?,20?,21?,23-,24?/m1/s1. The van der Waals surface area contributed by atoms with Gasteiger partial charge in [-0.15, -0.1) is 0 Å². The summed E-state index contributed by atoms with van der Waals surface area (Å²) in [7, 11) is 1.69. The van der Waals surface area contributed by atoms with Crippen molar-refractivity contribution in [2.75, 3.05) is 26.7 Å². The van der Waals surface area contributed by atoms with E-state index in [2.05, 4.69) is 30.6 Å². The van der Waals surface area contributed by atoms with Crippen LogP contribution in [-0.4, -0.2) is 74.4 Å². The van der Waals surface area contributed by atoms with Crippen LogP contribution in [0.2, 0.25) is 0 Å². The molecule has 4 rings (SSSR count). The second kappa shape index (κ2) is 9.90. The number of carbonyl (C=O) groups is 2. The molecule has 33 heavy (non-hydrogen) atoms. The van der Waals surface area contributed by atoms with E-state index in [0.29, 0.717) is 13.1 Å². The van der Waals surface area contributed by atoms with Gasteiger partial charge in [0.1, 0.15) is 29.5 Å². The normalized spacial score (nSPS) is 37.3. The number of epoxide rings is 2. The van der Waals surface area contributed by atoms with Crippen molar-refractivity contribution in [3.63, 3.8) is 0 Å². The molecule has 4 aliphatic rings. The van der Waals surface area contributed by atoms with E-state index < -0.39 is 6.09 Å². The zero-order valence-corrected chi connectivity index (χ0v) is 20.1. The monoisotopic (exact) mass is 465 g/mol. The van der Waals surface area contributed by atoms with Crippen molar-refractivity contribution in [1.82, 2.24) is 10.6 Å². The Balaban J connectivity index is 1.18.